The molecule has 0 saturated heterocycles. The summed E-state index contributed by atoms with van der Waals surface area (Å²) in [6.45, 7) is 2.17. The Morgan fingerprint density at radius 2 is 1.86 bits per heavy atom. The number of carbonyl (C=O) groups is 2. The van der Waals surface area contributed by atoms with E-state index >= 15 is 0 Å². The fraction of sp³-hybridized carbons (Fsp3) is 0.625. The Kier molecular flexibility index (Phi) is 8.43. The minimum atomic E-state index is -0.352. The Bertz CT molecular complexity index is 402. The summed E-state index contributed by atoms with van der Waals surface area (Å²) in [6.07, 6.45) is 12.4. The minimum Gasteiger partial charge on any atom is -0.330 e. The zero-order valence-electron chi connectivity index (χ0n) is 12.7. The molecule has 5 heteroatoms. The molecule has 5 nitrogen and oxygen atoms in total. The maximum absolute atomic E-state index is 11.8. The molecular weight excluding hydrogens is 268 g/mol. The van der Waals surface area contributed by atoms with Crippen molar-refractivity contribution in [3.63, 3.8) is 0 Å². The van der Waals surface area contributed by atoms with Gasteiger partial charge in [0.1, 0.15) is 0 Å². The van der Waals surface area contributed by atoms with E-state index in [0.717, 1.165) is 44.2 Å². The Labute approximate surface area is 126 Å². The van der Waals surface area contributed by atoms with Gasteiger partial charge in [-0.3, -0.25) is 14.8 Å². The van der Waals surface area contributed by atoms with Crippen molar-refractivity contribution >= 4 is 11.8 Å². The van der Waals surface area contributed by atoms with Gasteiger partial charge < -0.3 is 5.32 Å². The monoisotopic (exact) mass is 294 g/mol. The standard InChI is InChI=1S/C16H26N2O3/c1-13-7-6-8-14(12-11-13)17-15(19)9-4-2-3-5-10-16(20)18-21/h6-8,13,21H,2-5,9-12H2,1H3,(H,17,19)(H,18,20). The topological polar surface area (TPSA) is 78.4 Å². The molecule has 0 heterocycles. The highest BCUT2D eigenvalue weighted by Gasteiger charge is 2.08. The van der Waals surface area contributed by atoms with E-state index in [4.69, 9.17) is 5.21 Å². The normalized spacial score (nSPS) is 17.8. The maximum Gasteiger partial charge on any atom is 0.243 e. The lowest BCUT2D eigenvalue weighted by Gasteiger charge is -2.09. The van der Waals surface area contributed by atoms with Gasteiger partial charge in [-0.05, 0) is 37.7 Å². The van der Waals surface area contributed by atoms with Gasteiger partial charge in [0.05, 0.1) is 0 Å². The summed E-state index contributed by atoms with van der Waals surface area (Å²) in [5, 5.41) is 11.3. The van der Waals surface area contributed by atoms with Crippen LogP contribution >= 0.6 is 0 Å². The molecule has 3 N–H and O–H groups in total. The van der Waals surface area contributed by atoms with Crippen molar-refractivity contribution < 1.29 is 14.8 Å². The van der Waals surface area contributed by atoms with Crippen molar-refractivity contribution in [3.8, 4) is 0 Å². The molecule has 1 rings (SSSR count). The second kappa shape index (κ2) is 10.2. The van der Waals surface area contributed by atoms with E-state index in [2.05, 4.69) is 18.3 Å². The molecular formula is C16H26N2O3. The van der Waals surface area contributed by atoms with Crippen molar-refractivity contribution in [2.75, 3.05) is 0 Å². The lowest BCUT2D eigenvalue weighted by atomic mass is 10.1. The van der Waals surface area contributed by atoms with Gasteiger partial charge in [-0.2, -0.15) is 0 Å². The Morgan fingerprint density at radius 3 is 2.52 bits per heavy atom. The van der Waals surface area contributed by atoms with Gasteiger partial charge >= 0.3 is 0 Å². The SMILES string of the molecule is CC1C=CC=C(NC(=O)CCCCCCC(=O)NO)CC1. The highest BCUT2D eigenvalue weighted by atomic mass is 16.5. The molecule has 0 aliphatic heterocycles. The van der Waals surface area contributed by atoms with Gasteiger partial charge in [-0.1, -0.05) is 31.9 Å². The third kappa shape index (κ3) is 8.30. The van der Waals surface area contributed by atoms with Crippen LogP contribution in [0.1, 0.15) is 58.3 Å². The second-order valence-electron chi connectivity index (χ2n) is 5.59. The number of carbonyl (C=O) groups excluding carboxylic acids is 2. The second-order valence-corrected chi connectivity index (χ2v) is 5.59. The summed E-state index contributed by atoms with van der Waals surface area (Å²) in [5.74, 6) is 0.277. The predicted octanol–water partition coefficient (Wildman–Crippen LogP) is 2.82. The Balaban J connectivity index is 2.08. The van der Waals surface area contributed by atoms with Crippen LogP contribution in [-0.2, 0) is 9.59 Å². The van der Waals surface area contributed by atoms with Gasteiger partial charge in [0.15, 0.2) is 0 Å². The van der Waals surface area contributed by atoms with Crippen LogP contribution in [0.2, 0.25) is 0 Å². The largest absolute Gasteiger partial charge is 0.330 e. The molecule has 21 heavy (non-hydrogen) atoms. The lowest BCUT2D eigenvalue weighted by molar-refractivity contribution is -0.129. The summed E-state index contributed by atoms with van der Waals surface area (Å²) in [4.78, 5) is 22.6. The molecule has 0 aromatic heterocycles. The number of hydrogen-bond donors (Lipinski definition) is 3. The molecule has 2 amide bonds. The average Bonchev–Trinajstić information content (AvgIpc) is 2.67. The van der Waals surface area contributed by atoms with Crippen LogP contribution in [0.25, 0.3) is 0 Å². The van der Waals surface area contributed by atoms with Crippen molar-refractivity contribution in [3.05, 3.63) is 23.9 Å². The maximum atomic E-state index is 11.8. The van der Waals surface area contributed by atoms with Crippen LogP contribution < -0.4 is 10.8 Å². The molecule has 0 aromatic rings. The van der Waals surface area contributed by atoms with Crippen LogP contribution in [-0.4, -0.2) is 17.0 Å². The summed E-state index contributed by atoms with van der Waals surface area (Å²) in [7, 11) is 0. The van der Waals surface area contributed by atoms with Crippen LogP contribution in [0.5, 0.6) is 0 Å². The fourth-order valence-electron chi connectivity index (χ4n) is 2.25. The van der Waals surface area contributed by atoms with Crippen molar-refractivity contribution in [2.24, 2.45) is 5.92 Å². The summed E-state index contributed by atoms with van der Waals surface area (Å²) in [6, 6.07) is 0. The van der Waals surface area contributed by atoms with E-state index in [1.54, 1.807) is 5.48 Å². The molecule has 1 aliphatic rings. The first-order chi connectivity index (χ1) is 10.1. The predicted molar refractivity (Wildman–Crippen MR) is 81.4 cm³/mol. The fourth-order valence-corrected chi connectivity index (χ4v) is 2.25. The third-order valence-corrected chi connectivity index (χ3v) is 3.59. The number of amides is 2. The zero-order chi connectivity index (χ0) is 15.5. The number of hydrogen-bond acceptors (Lipinski definition) is 3. The smallest absolute Gasteiger partial charge is 0.243 e. The highest BCUT2D eigenvalue weighted by molar-refractivity contribution is 5.77. The summed E-state index contributed by atoms with van der Waals surface area (Å²) >= 11 is 0. The van der Waals surface area contributed by atoms with E-state index in [-0.39, 0.29) is 11.8 Å². The Hall–Kier alpha value is -1.62. The third-order valence-electron chi connectivity index (χ3n) is 3.59. The van der Waals surface area contributed by atoms with Crippen molar-refractivity contribution in [1.82, 2.24) is 10.8 Å². The number of rotatable bonds is 8. The summed E-state index contributed by atoms with van der Waals surface area (Å²) < 4.78 is 0. The van der Waals surface area contributed by atoms with Gasteiger partial charge in [-0.25, -0.2) is 5.48 Å². The van der Waals surface area contributed by atoms with Crippen molar-refractivity contribution in [2.45, 2.75) is 58.3 Å². The quantitative estimate of drug-likeness (QED) is 0.366. The minimum absolute atomic E-state index is 0.0669. The molecule has 0 spiro atoms. The summed E-state index contributed by atoms with van der Waals surface area (Å²) in [5.41, 5.74) is 2.61. The number of hydroxylamine groups is 1. The molecule has 1 atom stereocenters. The number of allylic oxidation sites excluding steroid dienone is 4. The number of nitrogens with one attached hydrogen (secondary N) is 2. The van der Waals surface area contributed by atoms with E-state index in [9.17, 15) is 9.59 Å². The van der Waals surface area contributed by atoms with E-state index < -0.39 is 0 Å². The van der Waals surface area contributed by atoms with Gasteiger partial charge in [0.2, 0.25) is 11.8 Å². The van der Waals surface area contributed by atoms with Crippen LogP contribution in [0.15, 0.2) is 23.9 Å². The zero-order valence-corrected chi connectivity index (χ0v) is 12.7. The highest BCUT2D eigenvalue weighted by Crippen LogP contribution is 2.16. The molecule has 0 saturated carbocycles. The van der Waals surface area contributed by atoms with E-state index in [1.165, 1.54) is 0 Å². The van der Waals surface area contributed by atoms with Gasteiger partial charge in [0, 0.05) is 18.5 Å². The first kappa shape index (κ1) is 17.4. The molecule has 1 unspecified atom stereocenters. The molecule has 1 aliphatic carbocycles. The molecule has 0 fully saturated rings. The molecule has 0 bridgehead atoms. The molecule has 0 radical (unpaired) electrons. The molecule has 0 aromatic carbocycles. The first-order valence-electron chi connectivity index (χ1n) is 7.72. The van der Waals surface area contributed by atoms with E-state index in [1.807, 2.05) is 12.2 Å². The van der Waals surface area contributed by atoms with Gasteiger partial charge in [0.25, 0.3) is 0 Å². The van der Waals surface area contributed by atoms with E-state index in [0.29, 0.717) is 18.8 Å². The van der Waals surface area contributed by atoms with Crippen LogP contribution in [0.4, 0.5) is 0 Å². The molecule has 118 valence electrons. The van der Waals surface area contributed by atoms with Crippen molar-refractivity contribution in [1.29, 1.82) is 0 Å². The van der Waals surface area contributed by atoms with Crippen LogP contribution in [0.3, 0.4) is 0 Å². The van der Waals surface area contributed by atoms with Crippen LogP contribution in [0, 0.1) is 5.92 Å². The average molecular weight is 294 g/mol. The lowest BCUT2D eigenvalue weighted by Crippen LogP contribution is -2.22. The number of unbranched alkanes of at least 4 members (excludes halogenated alkanes) is 3. The van der Waals surface area contributed by atoms with Gasteiger partial charge in [-0.15, -0.1) is 0 Å². The Morgan fingerprint density at radius 1 is 1.19 bits per heavy atom. The first-order valence-corrected chi connectivity index (χ1v) is 7.72.